The maximum absolute atomic E-state index is 2.65. The molecule has 4 aliphatic heterocycles. The standard InChI is InChI=1S/C56H36B2/c1-29-15-17-47-37(19-29)43-21-31(3)23-45-39-25-35(33-11-7-5-8-12-33)42-28-50-52-40(46-24-32(4)22-44-38-20-30(2)16-18-48(38)58(50)56(44)46)26-36(34-13-9-6-10-14-34)41-27-49(57(47)55(43)45)51(39)53(42)54(41)52/h5-28H,1-4H3. The molecule has 0 atom stereocenters. The van der Waals surface area contributed by atoms with E-state index < -0.39 is 0 Å². The number of benzene rings is 10. The Bertz CT molecular complexity index is 3300. The number of fused-ring (bicyclic) bond motifs is 10. The predicted octanol–water partition coefficient (Wildman–Crippen LogP) is 10.1. The molecule has 0 saturated carbocycles. The van der Waals surface area contributed by atoms with E-state index in [0.29, 0.717) is 0 Å². The van der Waals surface area contributed by atoms with Gasteiger partial charge in [0.15, 0.2) is 0 Å². The molecule has 0 bridgehead atoms. The lowest BCUT2D eigenvalue weighted by molar-refractivity contribution is 1.47. The van der Waals surface area contributed by atoms with Crippen molar-refractivity contribution in [3.8, 4) is 66.8 Å². The van der Waals surface area contributed by atoms with Crippen molar-refractivity contribution in [3.63, 3.8) is 0 Å². The van der Waals surface area contributed by atoms with E-state index in [1.54, 1.807) is 0 Å². The van der Waals surface area contributed by atoms with Crippen LogP contribution in [0, 0.1) is 27.7 Å². The molecule has 4 aliphatic rings. The number of hydrogen-bond acceptors (Lipinski definition) is 0. The van der Waals surface area contributed by atoms with Gasteiger partial charge in [0.1, 0.15) is 0 Å². The number of hydrogen-bond donors (Lipinski definition) is 0. The van der Waals surface area contributed by atoms with Crippen molar-refractivity contribution < 1.29 is 0 Å². The molecule has 10 aromatic carbocycles. The molecule has 0 fully saturated rings. The van der Waals surface area contributed by atoms with Crippen molar-refractivity contribution in [2.45, 2.75) is 27.7 Å². The Morgan fingerprint density at radius 3 is 1.07 bits per heavy atom. The molecule has 2 heteroatoms. The minimum atomic E-state index is 0.175. The van der Waals surface area contributed by atoms with Gasteiger partial charge >= 0.3 is 0 Å². The fourth-order valence-electron chi connectivity index (χ4n) is 12.2. The molecule has 4 heterocycles. The maximum atomic E-state index is 2.65. The van der Waals surface area contributed by atoms with Crippen LogP contribution in [0.2, 0.25) is 0 Å². The van der Waals surface area contributed by atoms with Crippen LogP contribution in [0.15, 0.2) is 146 Å². The van der Waals surface area contributed by atoms with Crippen molar-refractivity contribution in [1.29, 1.82) is 0 Å². The van der Waals surface area contributed by atoms with Crippen LogP contribution in [0.3, 0.4) is 0 Å². The van der Waals surface area contributed by atoms with Crippen LogP contribution < -0.4 is 32.8 Å². The van der Waals surface area contributed by atoms with Crippen LogP contribution in [0.5, 0.6) is 0 Å². The molecule has 0 spiro atoms. The monoisotopic (exact) mass is 730 g/mol. The third-order valence-corrected chi connectivity index (χ3v) is 14.4. The van der Waals surface area contributed by atoms with Crippen LogP contribution in [0.1, 0.15) is 22.3 Å². The van der Waals surface area contributed by atoms with Gasteiger partial charge in [0.05, 0.1) is 0 Å². The topological polar surface area (TPSA) is 0 Å². The second-order valence-corrected chi connectivity index (χ2v) is 17.8. The van der Waals surface area contributed by atoms with Crippen LogP contribution in [-0.2, 0) is 0 Å². The maximum Gasteiger partial charge on any atom is 0.244 e. The number of rotatable bonds is 2. The summed E-state index contributed by atoms with van der Waals surface area (Å²) in [4.78, 5) is 0. The van der Waals surface area contributed by atoms with Crippen LogP contribution in [0.4, 0.5) is 0 Å². The first-order chi connectivity index (χ1) is 28.4. The Hall–Kier alpha value is -6.63. The van der Waals surface area contributed by atoms with Gasteiger partial charge in [-0.1, -0.05) is 177 Å². The summed E-state index contributed by atoms with van der Waals surface area (Å²) in [7, 11) is 0. The Balaban J connectivity index is 1.25. The highest BCUT2D eigenvalue weighted by Gasteiger charge is 2.44. The molecule has 0 saturated heterocycles. The fourth-order valence-corrected chi connectivity index (χ4v) is 12.2. The Labute approximate surface area is 339 Å². The molecule has 0 N–H and O–H groups in total. The quantitative estimate of drug-likeness (QED) is 0.123. The molecule has 0 amide bonds. The fraction of sp³-hybridized carbons (Fsp3) is 0.0714. The van der Waals surface area contributed by atoms with E-state index in [0.717, 1.165) is 0 Å². The highest BCUT2D eigenvalue weighted by atomic mass is 14.3. The second-order valence-electron chi connectivity index (χ2n) is 17.8. The Kier molecular flexibility index (Phi) is 5.78. The first kappa shape index (κ1) is 31.5. The highest BCUT2D eigenvalue weighted by molar-refractivity contribution is 7.03. The van der Waals surface area contributed by atoms with Gasteiger partial charge in [-0.2, -0.15) is 0 Å². The zero-order valence-electron chi connectivity index (χ0n) is 33.0. The Morgan fingerprint density at radius 1 is 0.276 bits per heavy atom. The van der Waals surface area contributed by atoms with Gasteiger partial charge in [0.25, 0.3) is 0 Å². The third-order valence-electron chi connectivity index (χ3n) is 14.4. The van der Waals surface area contributed by atoms with Crippen molar-refractivity contribution >= 4 is 78.5 Å². The van der Waals surface area contributed by atoms with E-state index in [-0.39, 0.29) is 13.4 Å². The van der Waals surface area contributed by atoms with Crippen molar-refractivity contribution in [2.75, 3.05) is 0 Å². The summed E-state index contributed by atoms with van der Waals surface area (Å²) in [6.45, 7) is 9.40. The van der Waals surface area contributed by atoms with Gasteiger partial charge in [-0.05, 0) is 150 Å². The van der Waals surface area contributed by atoms with Gasteiger partial charge in [0.2, 0.25) is 13.4 Å². The zero-order chi connectivity index (χ0) is 38.3. The largest absolute Gasteiger partial charge is 0.244 e. The molecule has 10 aromatic rings. The molecule has 266 valence electrons. The van der Waals surface area contributed by atoms with Crippen LogP contribution in [0.25, 0.3) is 99.1 Å². The molecule has 0 unspecified atom stereocenters. The van der Waals surface area contributed by atoms with Gasteiger partial charge in [-0.3, -0.25) is 0 Å². The van der Waals surface area contributed by atoms with E-state index in [1.807, 2.05) is 0 Å². The SMILES string of the molecule is Cc1ccc2c(c1)-c1cc(C)cc3c1B2c1cc2c(-c4ccccc4)cc4c5c(cc6c(-c7ccccc7)cc-3c1c6c25)B1c2ccc(C)cc2-c2cc(C)cc-4c21. The van der Waals surface area contributed by atoms with Gasteiger partial charge in [-0.25, -0.2) is 0 Å². The summed E-state index contributed by atoms with van der Waals surface area (Å²) >= 11 is 0. The summed E-state index contributed by atoms with van der Waals surface area (Å²) in [6.07, 6.45) is 0. The van der Waals surface area contributed by atoms with Gasteiger partial charge < -0.3 is 0 Å². The lowest BCUT2D eigenvalue weighted by atomic mass is 9.34. The average Bonchev–Trinajstić information content (AvgIpc) is 3.73. The highest BCUT2D eigenvalue weighted by Crippen LogP contribution is 2.51. The molecule has 58 heavy (non-hydrogen) atoms. The summed E-state index contributed by atoms with van der Waals surface area (Å²) < 4.78 is 0. The molecule has 14 rings (SSSR count). The molecule has 0 radical (unpaired) electrons. The molecule has 0 aliphatic carbocycles. The van der Waals surface area contributed by atoms with Gasteiger partial charge in [-0.15, -0.1) is 0 Å². The van der Waals surface area contributed by atoms with E-state index in [2.05, 4.69) is 173 Å². The molecular weight excluding hydrogens is 694 g/mol. The average molecular weight is 731 g/mol. The summed E-state index contributed by atoms with van der Waals surface area (Å²) in [5, 5.41) is 8.46. The zero-order valence-corrected chi connectivity index (χ0v) is 33.0. The lowest BCUT2D eigenvalue weighted by Crippen LogP contribution is -2.53. The van der Waals surface area contributed by atoms with E-state index >= 15 is 0 Å². The normalized spacial score (nSPS) is 13.4. The van der Waals surface area contributed by atoms with Crippen molar-refractivity contribution in [3.05, 3.63) is 168 Å². The second kappa shape index (κ2) is 10.6. The van der Waals surface area contributed by atoms with E-state index in [1.165, 1.54) is 154 Å². The smallest absolute Gasteiger partial charge is 0.0661 e. The Morgan fingerprint density at radius 2 is 0.655 bits per heavy atom. The lowest BCUT2D eigenvalue weighted by Gasteiger charge is -2.33. The predicted molar refractivity (Wildman–Crippen MR) is 251 cm³/mol. The van der Waals surface area contributed by atoms with E-state index in [4.69, 9.17) is 0 Å². The van der Waals surface area contributed by atoms with Gasteiger partial charge in [0, 0.05) is 0 Å². The van der Waals surface area contributed by atoms with Crippen LogP contribution in [-0.4, -0.2) is 13.4 Å². The summed E-state index contributed by atoms with van der Waals surface area (Å²) in [5.41, 5.74) is 30.4. The third kappa shape index (κ3) is 3.76. The first-order valence-electron chi connectivity index (χ1n) is 20.9. The van der Waals surface area contributed by atoms with Crippen molar-refractivity contribution in [1.82, 2.24) is 0 Å². The molecule has 0 nitrogen and oxygen atoms in total. The van der Waals surface area contributed by atoms with Crippen LogP contribution >= 0.6 is 0 Å². The molecule has 0 aromatic heterocycles. The summed E-state index contributed by atoms with van der Waals surface area (Å²) in [5.74, 6) is 0. The first-order valence-corrected chi connectivity index (χ1v) is 20.9. The number of aryl methyl sites for hydroxylation is 4. The minimum Gasteiger partial charge on any atom is -0.0661 e. The van der Waals surface area contributed by atoms with E-state index in [9.17, 15) is 0 Å². The minimum absolute atomic E-state index is 0.175. The van der Waals surface area contributed by atoms with Crippen molar-refractivity contribution in [2.24, 2.45) is 0 Å². The summed E-state index contributed by atoms with van der Waals surface area (Å²) in [6, 6.07) is 57.1. The molecular formula is C56H36B2.